The summed E-state index contributed by atoms with van der Waals surface area (Å²) in [6, 6.07) is 17.6. The van der Waals surface area contributed by atoms with Crippen LogP contribution in [-0.4, -0.2) is 67.3 Å². The van der Waals surface area contributed by atoms with Crippen LogP contribution >= 0.6 is 0 Å². The number of nitrogens with zero attached hydrogens (tertiary/aromatic N) is 5. The highest BCUT2D eigenvalue weighted by Crippen LogP contribution is 2.36. The maximum Gasteiger partial charge on any atom is 0.255 e. The van der Waals surface area contributed by atoms with E-state index in [1.165, 1.54) is 5.56 Å². The van der Waals surface area contributed by atoms with Crippen LogP contribution in [0.15, 0.2) is 64.6 Å². The van der Waals surface area contributed by atoms with Crippen molar-refractivity contribution in [1.82, 2.24) is 15.1 Å². The maximum atomic E-state index is 13.0. The molecule has 1 amide bonds. The summed E-state index contributed by atoms with van der Waals surface area (Å²) < 4.78 is 5.37. The molecule has 2 heterocycles. The molecule has 8 heteroatoms. The third-order valence-corrected chi connectivity index (χ3v) is 6.77. The SMILES string of the molecule is COc1ccccc1C(=O)NCC1(c2ccccc2)CCN(C(=NC#N)N2CCN=C2C)CC1. The molecule has 2 aromatic rings. The fourth-order valence-electron chi connectivity index (χ4n) is 4.82. The van der Waals surface area contributed by atoms with E-state index in [4.69, 9.17) is 4.74 Å². The first-order chi connectivity index (χ1) is 16.6. The number of nitriles is 1. The number of piperidine rings is 1. The Hall–Kier alpha value is -3.86. The van der Waals surface area contributed by atoms with Crippen molar-refractivity contribution in [3.63, 3.8) is 0 Å². The molecule has 0 atom stereocenters. The molecule has 0 saturated carbocycles. The van der Waals surface area contributed by atoms with Crippen LogP contribution in [0.4, 0.5) is 0 Å². The number of aliphatic imine (C=N–C) groups is 2. The second-order valence-electron chi connectivity index (χ2n) is 8.61. The number of rotatable bonds is 5. The molecule has 0 bridgehead atoms. The molecule has 0 spiro atoms. The van der Waals surface area contributed by atoms with Crippen molar-refractivity contribution >= 4 is 17.7 Å². The molecular formula is C26H30N6O2. The third kappa shape index (κ3) is 4.74. The van der Waals surface area contributed by atoms with Gasteiger partial charge in [-0.3, -0.25) is 14.7 Å². The fourth-order valence-corrected chi connectivity index (χ4v) is 4.82. The lowest BCUT2D eigenvalue weighted by Gasteiger charge is -2.44. The van der Waals surface area contributed by atoms with Gasteiger partial charge in [0.15, 0.2) is 0 Å². The number of guanidine groups is 1. The maximum absolute atomic E-state index is 13.0. The van der Waals surface area contributed by atoms with Gasteiger partial charge in [0.2, 0.25) is 12.2 Å². The van der Waals surface area contributed by atoms with E-state index in [1.54, 1.807) is 19.2 Å². The summed E-state index contributed by atoms with van der Waals surface area (Å²) >= 11 is 0. The third-order valence-electron chi connectivity index (χ3n) is 6.77. The summed E-state index contributed by atoms with van der Waals surface area (Å²) in [6.07, 6.45) is 3.60. The number of carbonyl (C=O) groups is 1. The quantitative estimate of drug-likeness (QED) is 0.422. The Morgan fingerprint density at radius 1 is 1.15 bits per heavy atom. The van der Waals surface area contributed by atoms with Gasteiger partial charge in [0, 0.05) is 31.6 Å². The first-order valence-corrected chi connectivity index (χ1v) is 11.5. The van der Waals surface area contributed by atoms with Crippen LogP contribution in [0.1, 0.15) is 35.7 Å². The number of nitrogens with one attached hydrogen (secondary N) is 1. The second-order valence-corrected chi connectivity index (χ2v) is 8.61. The lowest BCUT2D eigenvalue weighted by Crippen LogP contribution is -2.54. The Labute approximate surface area is 200 Å². The Morgan fingerprint density at radius 2 is 1.85 bits per heavy atom. The summed E-state index contributed by atoms with van der Waals surface area (Å²) in [5.74, 6) is 1.97. The van der Waals surface area contributed by atoms with Gasteiger partial charge in [-0.05, 0) is 37.5 Å². The lowest BCUT2D eigenvalue weighted by molar-refractivity contribution is 0.0928. The fraction of sp³-hybridized carbons (Fsp3) is 0.385. The van der Waals surface area contributed by atoms with Crippen molar-refractivity contribution in [1.29, 1.82) is 5.26 Å². The predicted molar refractivity (Wildman–Crippen MR) is 132 cm³/mol. The zero-order chi connectivity index (χ0) is 24.0. The number of amides is 1. The summed E-state index contributed by atoms with van der Waals surface area (Å²) in [6.45, 7) is 5.37. The van der Waals surface area contributed by atoms with Gasteiger partial charge in [0.1, 0.15) is 11.6 Å². The minimum atomic E-state index is -0.221. The van der Waals surface area contributed by atoms with Crippen molar-refractivity contribution in [2.75, 3.05) is 39.8 Å². The predicted octanol–water partition coefficient (Wildman–Crippen LogP) is 3.03. The van der Waals surface area contributed by atoms with Gasteiger partial charge in [-0.1, -0.05) is 42.5 Å². The molecule has 1 N–H and O–H groups in total. The van der Waals surface area contributed by atoms with Gasteiger partial charge < -0.3 is 15.0 Å². The first-order valence-electron chi connectivity index (χ1n) is 11.5. The van der Waals surface area contributed by atoms with Crippen LogP contribution in [0.3, 0.4) is 0 Å². The largest absolute Gasteiger partial charge is 0.496 e. The Bertz CT molecular complexity index is 1110. The van der Waals surface area contributed by atoms with E-state index in [-0.39, 0.29) is 11.3 Å². The van der Waals surface area contributed by atoms with Gasteiger partial charge in [0.25, 0.3) is 5.91 Å². The number of hydrogen-bond donors (Lipinski definition) is 1. The van der Waals surface area contributed by atoms with Crippen LogP contribution in [0.25, 0.3) is 0 Å². The van der Waals surface area contributed by atoms with Gasteiger partial charge >= 0.3 is 0 Å². The van der Waals surface area contributed by atoms with E-state index in [9.17, 15) is 10.1 Å². The highest BCUT2D eigenvalue weighted by atomic mass is 16.5. The number of para-hydroxylation sites is 1. The summed E-state index contributed by atoms with van der Waals surface area (Å²) in [4.78, 5) is 25.8. The Balaban J connectivity index is 1.53. The molecule has 2 aromatic carbocycles. The molecule has 0 radical (unpaired) electrons. The van der Waals surface area contributed by atoms with E-state index in [0.717, 1.165) is 38.3 Å². The smallest absolute Gasteiger partial charge is 0.255 e. The molecule has 176 valence electrons. The van der Waals surface area contributed by atoms with Crippen molar-refractivity contribution in [3.05, 3.63) is 65.7 Å². The van der Waals surface area contributed by atoms with E-state index in [0.29, 0.717) is 30.4 Å². The van der Waals surface area contributed by atoms with Crippen LogP contribution in [0.2, 0.25) is 0 Å². The lowest BCUT2D eigenvalue weighted by atomic mass is 9.72. The van der Waals surface area contributed by atoms with E-state index >= 15 is 0 Å². The van der Waals surface area contributed by atoms with Gasteiger partial charge in [-0.25, -0.2) is 0 Å². The summed E-state index contributed by atoms with van der Waals surface area (Å²) in [7, 11) is 1.57. The van der Waals surface area contributed by atoms with Crippen LogP contribution < -0.4 is 10.1 Å². The van der Waals surface area contributed by atoms with Gasteiger partial charge in [-0.2, -0.15) is 5.26 Å². The molecule has 0 aromatic heterocycles. The minimum Gasteiger partial charge on any atom is -0.496 e. The average Bonchev–Trinajstić information content (AvgIpc) is 3.32. The molecule has 8 nitrogen and oxygen atoms in total. The molecule has 0 unspecified atom stereocenters. The van der Waals surface area contributed by atoms with Crippen molar-refractivity contribution in [2.24, 2.45) is 9.98 Å². The van der Waals surface area contributed by atoms with E-state index in [2.05, 4.69) is 32.3 Å². The molecule has 4 rings (SSSR count). The van der Waals surface area contributed by atoms with E-state index < -0.39 is 0 Å². The van der Waals surface area contributed by atoms with Crippen LogP contribution in [0.5, 0.6) is 5.75 Å². The molecule has 2 aliphatic rings. The monoisotopic (exact) mass is 458 g/mol. The topological polar surface area (TPSA) is 93.3 Å². The van der Waals surface area contributed by atoms with Crippen LogP contribution in [0, 0.1) is 11.5 Å². The molecule has 34 heavy (non-hydrogen) atoms. The minimum absolute atomic E-state index is 0.147. The zero-order valence-corrected chi connectivity index (χ0v) is 19.7. The molecule has 1 saturated heterocycles. The van der Waals surface area contributed by atoms with E-state index in [1.807, 2.05) is 48.3 Å². The standard InChI is InChI=1S/C26H30N6O2/c1-20-28-14-17-32(20)25(30-19-27)31-15-12-26(13-16-31,21-8-4-3-5-9-21)18-29-24(33)22-10-6-7-11-23(22)34-2/h3-11H,12-18H2,1-2H3,(H,29,33). The van der Waals surface area contributed by atoms with Crippen molar-refractivity contribution < 1.29 is 9.53 Å². The van der Waals surface area contributed by atoms with Crippen molar-refractivity contribution in [3.8, 4) is 11.9 Å². The molecule has 2 aliphatic heterocycles. The first kappa shape index (κ1) is 23.3. The number of likely N-dealkylation sites (tertiary alicyclic amines) is 1. The molecular weight excluding hydrogens is 428 g/mol. The Kier molecular flexibility index (Phi) is 7.12. The highest BCUT2D eigenvalue weighted by Gasteiger charge is 2.39. The number of amidine groups is 1. The number of ether oxygens (including phenoxy) is 1. The number of hydrogen-bond acceptors (Lipinski definition) is 5. The second kappa shape index (κ2) is 10.4. The molecule has 0 aliphatic carbocycles. The summed E-state index contributed by atoms with van der Waals surface area (Å²) in [5.41, 5.74) is 1.51. The normalized spacial score (nSPS) is 17.7. The van der Waals surface area contributed by atoms with Crippen LogP contribution in [-0.2, 0) is 5.41 Å². The zero-order valence-electron chi connectivity index (χ0n) is 19.7. The molecule has 1 fully saturated rings. The highest BCUT2D eigenvalue weighted by molar-refractivity contribution is 6.00. The van der Waals surface area contributed by atoms with Crippen molar-refractivity contribution in [2.45, 2.75) is 25.2 Å². The average molecular weight is 459 g/mol. The van der Waals surface area contributed by atoms with Gasteiger partial charge in [-0.15, -0.1) is 4.99 Å². The Morgan fingerprint density at radius 3 is 2.50 bits per heavy atom. The number of benzene rings is 2. The number of methoxy groups -OCH3 is 1. The number of carbonyl (C=O) groups excluding carboxylic acids is 1. The summed E-state index contributed by atoms with van der Waals surface area (Å²) in [5, 5.41) is 12.5. The van der Waals surface area contributed by atoms with Gasteiger partial charge in [0.05, 0.1) is 19.2 Å².